The van der Waals surface area contributed by atoms with Crippen molar-refractivity contribution in [2.75, 3.05) is 18.0 Å². The molecular weight excluding hydrogens is 294 g/mol. The van der Waals surface area contributed by atoms with Gasteiger partial charge >= 0.3 is 0 Å². The van der Waals surface area contributed by atoms with Gasteiger partial charge in [0.05, 0.1) is 0 Å². The highest BCUT2D eigenvalue weighted by atomic mass is 16.3. The zero-order valence-corrected chi connectivity index (χ0v) is 14.5. The van der Waals surface area contributed by atoms with Gasteiger partial charge in [-0.1, -0.05) is 25.1 Å². The van der Waals surface area contributed by atoms with Crippen LogP contribution in [0.15, 0.2) is 42.5 Å². The number of aryl methyl sites for hydroxylation is 1. The van der Waals surface area contributed by atoms with Crippen molar-refractivity contribution < 1.29 is 5.11 Å². The summed E-state index contributed by atoms with van der Waals surface area (Å²) in [5, 5.41) is 9.79. The largest absolute Gasteiger partial charge is 0.508 e. The fourth-order valence-corrected chi connectivity index (χ4v) is 4.52. The second-order valence-electron chi connectivity index (χ2n) is 7.52. The SMILES string of the molecule is C[C@H]1CCc2cc(O)ccc2[C@H]1c1ccc(N2CCCCC2)cc1. The van der Waals surface area contributed by atoms with E-state index in [1.54, 1.807) is 0 Å². The third-order valence-corrected chi connectivity index (χ3v) is 5.87. The standard InChI is InChI=1S/C22H27NO/c1-16-5-6-18-15-20(24)11-12-21(18)22(16)17-7-9-19(10-8-17)23-13-3-2-4-14-23/h7-12,15-16,22,24H,2-6,13-14H2,1H3/t16-,22+/m0/s1. The Morgan fingerprint density at radius 1 is 0.958 bits per heavy atom. The van der Waals surface area contributed by atoms with Crippen molar-refractivity contribution >= 4 is 5.69 Å². The van der Waals surface area contributed by atoms with Gasteiger partial charge in [0.2, 0.25) is 0 Å². The number of nitrogens with zero attached hydrogens (tertiary/aromatic N) is 1. The van der Waals surface area contributed by atoms with Crippen LogP contribution in [0.5, 0.6) is 5.75 Å². The summed E-state index contributed by atoms with van der Waals surface area (Å²) < 4.78 is 0. The lowest BCUT2D eigenvalue weighted by atomic mass is 9.72. The van der Waals surface area contributed by atoms with Gasteiger partial charge in [-0.05, 0) is 79.0 Å². The monoisotopic (exact) mass is 321 g/mol. The number of fused-ring (bicyclic) bond motifs is 1. The van der Waals surface area contributed by atoms with E-state index in [0.717, 1.165) is 6.42 Å². The first-order chi connectivity index (χ1) is 11.7. The smallest absolute Gasteiger partial charge is 0.115 e. The molecule has 2 aliphatic rings. The maximum absolute atomic E-state index is 9.79. The van der Waals surface area contributed by atoms with Gasteiger partial charge in [-0.25, -0.2) is 0 Å². The predicted octanol–water partition coefficient (Wildman–Crippen LogP) is 5.10. The lowest BCUT2D eigenvalue weighted by Crippen LogP contribution is -2.29. The fourth-order valence-electron chi connectivity index (χ4n) is 4.52. The van der Waals surface area contributed by atoms with Crippen LogP contribution in [-0.4, -0.2) is 18.2 Å². The summed E-state index contributed by atoms with van der Waals surface area (Å²) in [6.07, 6.45) is 6.27. The van der Waals surface area contributed by atoms with E-state index in [1.807, 2.05) is 12.1 Å². The van der Waals surface area contributed by atoms with E-state index in [4.69, 9.17) is 0 Å². The van der Waals surface area contributed by atoms with Crippen LogP contribution >= 0.6 is 0 Å². The van der Waals surface area contributed by atoms with Crippen LogP contribution in [0.3, 0.4) is 0 Å². The fraction of sp³-hybridized carbons (Fsp3) is 0.455. The van der Waals surface area contributed by atoms with Crippen LogP contribution in [0.2, 0.25) is 0 Å². The quantitative estimate of drug-likeness (QED) is 0.832. The molecule has 2 aromatic carbocycles. The Hall–Kier alpha value is -1.96. The minimum Gasteiger partial charge on any atom is -0.508 e. The summed E-state index contributed by atoms with van der Waals surface area (Å²) in [5.41, 5.74) is 5.50. The minimum absolute atomic E-state index is 0.391. The molecule has 1 fully saturated rings. The van der Waals surface area contributed by atoms with Gasteiger partial charge in [0, 0.05) is 24.7 Å². The van der Waals surface area contributed by atoms with Crippen molar-refractivity contribution in [2.24, 2.45) is 5.92 Å². The van der Waals surface area contributed by atoms with Crippen LogP contribution in [-0.2, 0) is 6.42 Å². The molecule has 1 aliphatic heterocycles. The van der Waals surface area contributed by atoms with Gasteiger partial charge < -0.3 is 10.0 Å². The lowest BCUT2D eigenvalue weighted by molar-refractivity contribution is 0.439. The molecule has 1 heterocycles. The van der Waals surface area contributed by atoms with Gasteiger partial charge in [0.15, 0.2) is 0 Å². The van der Waals surface area contributed by atoms with E-state index in [1.165, 1.54) is 61.2 Å². The molecule has 2 atom stereocenters. The summed E-state index contributed by atoms with van der Waals surface area (Å²) >= 11 is 0. The van der Waals surface area contributed by atoms with Crippen LogP contribution in [0.1, 0.15) is 55.2 Å². The van der Waals surface area contributed by atoms with Crippen LogP contribution in [0.25, 0.3) is 0 Å². The Balaban J connectivity index is 1.63. The first kappa shape index (κ1) is 15.6. The average Bonchev–Trinajstić information content (AvgIpc) is 2.63. The number of hydrogen-bond acceptors (Lipinski definition) is 2. The first-order valence-corrected chi connectivity index (χ1v) is 9.39. The molecule has 4 rings (SSSR count). The van der Waals surface area contributed by atoms with E-state index in [0.29, 0.717) is 17.6 Å². The summed E-state index contributed by atoms with van der Waals surface area (Å²) in [7, 11) is 0. The Bertz CT molecular complexity index is 700. The lowest BCUT2D eigenvalue weighted by Gasteiger charge is -2.33. The molecule has 0 spiro atoms. The molecule has 1 aliphatic carbocycles. The molecule has 0 saturated carbocycles. The number of aromatic hydroxyl groups is 1. The number of benzene rings is 2. The Morgan fingerprint density at radius 3 is 2.46 bits per heavy atom. The Morgan fingerprint density at radius 2 is 1.71 bits per heavy atom. The van der Waals surface area contributed by atoms with Crippen molar-refractivity contribution in [1.29, 1.82) is 0 Å². The normalized spacial score (nSPS) is 23.8. The molecule has 0 radical (unpaired) electrons. The maximum Gasteiger partial charge on any atom is 0.115 e. The molecule has 2 heteroatoms. The maximum atomic E-state index is 9.79. The molecular formula is C22H27NO. The van der Waals surface area contributed by atoms with Crippen molar-refractivity contribution in [3.8, 4) is 5.75 Å². The summed E-state index contributed by atoms with van der Waals surface area (Å²) in [6, 6.07) is 15.2. The topological polar surface area (TPSA) is 23.5 Å². The number of phenolic OH excluding ortho intramolecular Hbond substituents is 1. The molecule has 0 bridgehead atoms. The van der Waals surface area contributed by atoms with Crippen molar-refractivity contribution in [3.63, 3.8) is 0 Å². The Labute approximate surface area is 145 Å². The van der Waals surface area contributed by atoms with E-state index < -0.39 is 0 Å². The third-order valence-electron chi connectivity index (χ3n) is 5.87. The van der Waals surface area contributed by atoms with E-state index in [2.05, 4.69) is 42.2 Å². The summed E-state index contributed by atoms with van der Waals surface area (Å²) in [6.45, 7) is 4.75. The van der Waals surface area contributed by atoms with Gasteiger partial charge in [0.25, 0.3) is 0 Å². The van der Waals surface area contributed by atoms with E-state index >= 15 is 0 Å². The van der Waals surface area contributed by atoms with Crippen LogP contribution < -0.4 is 4.90 Å². The molecule has 24 heavy (non-hydrogen) atoms. The van der Waals surface area contributed by atoms with Crippen LogP contribution in [0, 0.1) is 5.92 Å². The zero-order chi connectivity index (χ0) is 16.5. The molecule has 2 nitrogen and oxygen atoms in total. The number of piperidine rings is 1. The van der Waals surface area contributed by atoms with Gasteiger partial charge in [-0.2, -0.15) is 0 Å². The molecule has 126 valence electrons. The highest BCUT2D eigenvalue weighted by Crippen LogP contribution is 2.42. The third kappa shape index (κ3) is 2.90. The van der Waals surface area contributed by atoms with E-state index in [-0.39, 0.29) is 0 Å². The molecule has 2 aromatic rings. The van der Waals surface area contributed by atoms with Crippen LogP contribution in [0.4, 0.5) is 5.69 Å². The number of rotatable bonds is 2. The molecule has 0 amide bonds. The van der Waals surface area contributed by atoms with Gasteiger partial charge in [-0.15, -0.1) is 0 Å². The van der Waals surface area contributed by atoms with Crippen molar-refractivity contribution in [3.05, 3.63) is 59.2 Å². The highest BCUT2D eigenvalue weighted by molar-refractivity contribution is 5.51. The predicted molar refractivity (Wildman–Crippen MR) is 99.9 cm³/mol. The summed E-state index contributed by atoms with van der Waals surface area (Å²) in [4.78, 5) is 2.52. The van der Waals surface area contributed by atoms with Gasteiger partial charge in [0.1, 0.15) is 5.75 Å². The number of phenols is 1. The zero-order valence-electron chi connectivity index (χ0n) is 14.5. The highest BCUT2D eigenvalue weighted by Gasteiger charge is 2.28. The number of anilines is 1. The summed E-state index contributed by atoms with van der Waals surface area (Å²) in [5.74, 6) is 1.48. The molecule has 1 saturated heterocycles. The number of hydrogen-bond donors (Lipinski definition) is 1. The molecule has 0 unspecified atom stereocenters. The first-order valence-electron chi connectivity index (χ1n) is 9.39. The van der Waals surface area contributed by atoms with E-state index in [9.17, 15) is 5.11 Å². The van der Waals surface area contributed by atoms with Crippen molar-refractivity contribution in [2.45, 2.75) is 44.9 Å². The average molecular weight is 321 g/mol. The molecule has 1 N–H and O–H groups in total. The Kier molecular flexibility index (Phi) is 4.22. The van der Waals surface area contributed by atoms with Crippen molar-refractivity contribution in [1.82, 2.24) is 0 Å². The van der Waals surface area contributed by atoms with Gasteiger partial charge in [-0.3, -0.25) is 0 Å². The second-order valence-corrected chi connectivity index (χ2v) is 7.52. The minimum atomic E-state index is 0.391. The second kappa shape index (κ2) is 6.51. The molecule has 0 aromatic heterocycles.